The number of rotatable bonds is 5. The first-order valence-electron chi connectivity index (χ1n) is 8.48. The van der Waals surface area contributed by atoms with Crippen LogP contribution in [0, 0.1) is 0 Å². The molecule has 0 aliphatic carbocycles. The highest BCUT2D eigenvalue weighted by Gasteiger charge is 2.22. The lowest BCUT2D eigenvalue weighted by molar-refractivity contribution is -0.133. The summed E-state index contributed by atoms with van der Waals surface area (Å²) in [6.45, 7) is 1.57. The van der Waals surface area contributed by atoms with Crippen molar-refractivity contribution in [2.45, 2.75) is 11.7 Å². The summed E-state index contributed by atoms with van der Waals surface area (Å²) in [5, 5.41) is 0.453. The Morgan fingerprint density at radius 3 is 2.56 bits per heavy atom. The third-order valence-corrected chi connectivity index (χ3v) is 5.61. The van der Waals surface area contributed by atoms with Gasteiger partial charge >= 0.3 is 0 Å². The topological polar surface area (TPSA) is 38.8 Å². The molecular weight excluding hydrogens is 334 g/mol. The molecule has 0 bridgehead atoms. The maximum Gasteiger partial charge on any atom is 0.260 e. The molecule has 1 atom stereocenters. The molecule has 5 heteroatoms. The number of thioether (sulfide) groups is 1. The highest BCUT2D eigenvalue weighted by Crippen LogP contribution is 2.34. The lowest BCUT2D eigenvalue weighted by Crippen LogP contribution is -2.36. The van der Waals surface area contributed by atoms with Crippen molar-refractivity contribution in [3.05, 3.63) is 60.2 Å². The average Bonchev–Trinajstić information content (AvgIpc) is 2.93. The number of benzene rings is 2. The van der Waals surface area contributed by atoms with E-state index in [-0.39, 0.29) is 12.5 Å². The molecule has 1 unspecified atom stereocenters. The first-order valence-corrected chi connectivity index (χ1v) is 9.53. The Morgan fingerprint density at radius 1 is 1.08 bits per heavy atom. The predicted molar refractivity (Wildman–Crippen MR) is 101 cm³/mol. The number of amides is 1. The number of carbonyl (C=O) groups excluding carboxylic acids is 1. The molecule has 1 aliphatic rings. The number of methoxy groups -OCH3 is 1. The van der Waals surface area contributed by atoms with E-state index in [1.807, 2.05) is 47.0 Å². The number of hydrogen-bond donors (Lipinski definition) is 0. The number of para-hydroxylation sites is 2. The average molecular weight is 357 g/mol. The van der Waals surface area contributed by atoms with Crippen LogP contribution >= 0.6 is 11.8 Å². The SMILES string of the molecule is COc1ccccc1OCC(=O)N1CCSC(c2ccccc2)CC1. The van der Waals surface area contributed by atoms with Crippen molar-refractivity contribution in [2.75, 3.05) is 32.6 Å². The van der Waals surface area contributed by atoms with E-state index < -0.39 is 0 Å². The zero-order valence-corrected chi connectivity index (χ0v) is 15.2. The fourth-order valence-corrected chi connectivity index (χ4v) is 4.15. The first kappa shape index (κ1) is 17.7. The predicted octanol–water partition coefficient (Wildman–Crippen LogP) is 3.78. The molecule has 1 saturated heterocycles. The zero-order valence-electron chi connectivity index (χ0n) is 14.4. The maximum absolute atomic E-state index is 12.5. The van der Waals surface area contributed by atoms with Gasteiger partial charge in [0.2, 0.25) is 0 Å². The Morgan fingerprint density at radius 2 is 1.80 bits per heavy atom. The third-order valence-electron chi connectivity index (χ3n) is 4.29. The molecule has 1 amide bonds. The molecule has 3 rings (SSSR count). The third kappa shape index (κ3) is 4.69. The van der Waals surface area contributed by atoms with Gasteiger partial charge in [0.05, 0.1) is 7.11 Å². The van der Waals surface area contributed by atoms with Crippen LogP contribution in [0.3, 0.4) is 0 Å². The van der Waals surface area contributed by atoms with Crippen LogP contribution in [0.4, 0.5) is 0 Å². The van der Waals surface area contributed by atoms with Crippen molar-refractivity contribution in [1.82, 2.24) is 4.90 Å². The first-order chi connectivity index (χ1) is 12.3. The van der Waals surface area contributed by atoms with Crippen molar-refractivity contribution in [3.63, 3.8) is 0 Å². The fourth-order valence-electron chi connectivity index (χ4n) is 2.92. The summed E-state index contributed by atoms with van der Waals surface area (Å²) in [6.07, 6.45) is 0.967. The number of carbonyl (C=O) groups is 1. The summed E-state index contributed by atoms with van der Waals surface area (Å²) in [5.41, 5.74) is 1.34. The Kier molecular flexibility index (Phi) is 6.23. The smallest absolute Gasteiger partial charge is 0.260 e. The van der Waals surface area contributed by atoms with E-state index in [1.165, 1.54) is 5.56 Å². The highest BCUT2D eigenvalue weighted by molar-refractivity contribution is 7.99. The molecule has 2 aromatic rings. The Bertz CT molecular complexity index is 692. The molecule has 0 spiro atoms. The van der Waals surface area contributed by atoms with Gasteiger partial charge in [-0.05, 0) is 24.1 Å². The summed E-state index contributed by atoms with van der Waals surface area (Å²) in [7, 11) is 1.60. The summed E-state index contributed by atoms with van der Waals surface area (Å²) >= 11 is 1.92. The van der Waals surface area contributed by atoms with Crippen molar-refractivity contribution >= 4 is 17.7 Å². The number of hydrogen-bond acceptors (Lipinski definition) is 4. The lowest BCUT2D eigenvalue weighted by Gasteiger charge is -2.21. The molecule has 25 heavy (non-hydrogen) atoms. The van der Waals surface area contributed by atoms with Gasteiger partial charge in [-0.1, -0.05) is 42.5 Å². The fraction of sp³-hybridized carbons (Fsp3) is 0.350. The minimum atomic E-state index is 0.0280. The standard InChI is InChI=1S/C20H23NO3S/c1-23-17-9-5-6-10-18(17)24-15-20(22)21-12-11-19(25-14-13-21)16-7-3-2-4-8-16/h2-10,19H,11-15H2,1H3. The van der Waals surface area contributed by atoms with Crippen molar-refractivity contribution in [1.29, 1.82) is 0 Å². The number of nitrogens with zero attached hydrogens (tertiary/aromatic N) is 1. The maximum atomic E-state index is 12.5. The lowest BCUT2D eigenvalue weighted by atomic mass is 10.1. The van der Waals surface area contributed by atoms with Gasteiger partial charge in [0.25, 0.3) is 5.91 Å². The van der Waals surface area contributed by atoms with E-state index in [4.69, 9.17) is 9.47 Å². The highest BCUT2D eigenvalue weighted by atomic mass is 32.2. The zero-order chi connectivity index (χ0) is 17.5. The molecule has 0 aromatic heterocycles. The van der Waals surface area contributed by atoms with E-state index in [0.717, 1.165) is 25.3 Å². The minimum Gasteiger partial charge on any atom is -0.493 e. The van der Waals surface area contributed by atoms with E-state index in [1.54, 1.807) is 7.11 Å². The van der Waals surface area contributed by atoms with Gasteiger partial charge in [0.15, 0.2) is 18.1 Å². The van der Waals surface area contributed by atoms with Gasteiger partial charge in [0.1, 0.15) is 0 Å². The molecule has 2 aromatic carbocycles. The quantitative estimate of drug-likeness (QED) is 0.816. The summed E-state index contributed by atoms with van der Waals surface area (Å²) in [5.74, 6) is 2.22. The Balaban J connectivity index is 1.54. The van der Waals surface area contributed by atoms with Crippen LogP contribution < -0.4 is 9.47 Å². The van der Waals surface area contributed by atoms with Crippen LogP contribution in [0.2, 0.25) is 0 Å². The molecule has 4 nitrogen and oxygen atoms in total. The van der Waals surface area contributed by atoms with Gasteiger partial charge in [-0.3, -0.25) is 4.79 Å². The van der Waals surface area contributed by atoms with Gasteiger partial charge < -0.3 is 14.4 Å². The summed E-state index contributed by atoms with van der Waals surface area (Å²) < 4.78 is 10.9. The van der Waals surface area contributed by atoms with E-state index >= 15 is 0 Å². The van der Waals surface area contributed by atoms with Crippen LogP contribution in [0.5, 0.6) is 11.5 Å². The van der Waals surface area contributed by atoms with Gasteiger partial charge in [-0.25, -0.2) is 0 Å². The van der Waals surface area contributed by atoms with Gasteiger partial charge in [0, 0.05) is 24.1 Å². The Labute approximate surface area is 153 Å². The summed E-state index contributed by atoms with van der Waals surface area (Å²) in [6, 6.07) is 17.9. The van der Waals surface area contributed by atoms with Crippen LogP contribution in [0.15, 0.2) is 54.6 Å². The normalized spacial score (nSPS) is 17.6. The largest absolute Gasteiger partial charge is 0.493 e. The molecule has 1 fully saturated rings. The molecule has 0 saturated carbocycles. The van der Waals surface area contributed by atoms with Crippen molar-refractivity contribution in [3.8, 4) is 11.5 Å². The van der Waals surface area contributed by atoms with Crippen molar-refractivity contribution < 1.29 is 14.3 Å². The summed E-state index contributed by atoms with van der Waals surface area (Å²) in [4.78, 5) is 14.4. The molecule has 0 radical (unpaired) electrons. The van der Waals surface area contributed by atoms with E-state index in [2.05, 4.69) is 24.3 Å². The molecular formula is C20H23NO3S. The van der Waals surface area contributed by atoms with Crippen LogP contribution in [-0.4, -0.2) is 43.4 Å². The van der Waals surface area contributed by atoms with Gasteiger partial charge in [-0.2, -0.15) is 11.8 Å². The van der Waals surface area contributed by atoms with Crippen LogP contribution in [-0.2, 0) is 4.79 Å². The van der Waals surface area contributed by atoms with Crippen molar-refractivity contribution in [2.24, 2.45) is 0 Å². The molecule has 0 N–H and O–H groups in total. The second-order valence-electron chi connectivity index (χ2n) is 5.88. The monoisotopic (exact) mass is 357 g/mol. The van der Waals surface area contributed by atoms with Gasteiger partial charge in [-0.15, -0.1) is 0 Å². The van der Waals surface area contributed by atoms with Crippen LogP contribution in [0.1, 0.15) is 17.2 Å². The second-order valence-corrected chi connectivity index (χ2v) is 7.19. The molecule has 1 aliphatic heterocycles. The van der Waals surface area contributed by atoms with E-state index in [0.29, 0.717) is 16.7 Å². The molecule has 1 heterocycles. The Hall–Kier alpha value is -2.14. The van der Waals surface area contributed by atoms with E-state index in [9.17, 15) is 4.79 Å². The minimum absolute atomic E-state index is 0.0280. The second kappa shape index (κ2) is 8.81. The molecule has 132 valence electrons. The van der Waals surface area contributed by atoms with Crippen LogP contribution in [0.25, 0.3) is 0 Å². The number of ether oxygens (including phenoxy) is 2.